The predicted octanol–water partition coefficient (Wildman–Crippen LogP) is 0.385. The number of hydrogen-bond acceptors (Lipinski definition) is 8. The van der Waals surface area contributed by atoms with Crippen molar-refractivity contribution in [3.05, 3.63) is 48.0 Å². The largest absolute Gasteiger partial charge is 0.445 e. The molecule has 1 fully saturated rings. The second-order valence-electron chi connectivity index (χ2n) is 5.89. The van der Waals surface area contributed by atoms with Crippen molar-refractivity contribution in [1.29, 1.82) is 0 Å². The molecule has 2 aliphatic heterocycles. The van der Waals surface area contributed by atoms with E-state index in [0.29, 0.717) is 5.23 Å². The number of esters is 1. The Morgan fingerprint density at radius 2 is 2.04 bits per heavy atom. The van der Waals surface area contributed by atoms with E-state index in [2.05, 4.69) is 5.32 Å². The maximum absolute atomic E-state index is 12.2. The van der Waals surface area contributed by atoms with E-state index in [1.54, 1.807) is 24.3 Å². The molecule has 10 nitrogen and oxygen atoms in total. The molecule has 0 radical (unpaired) electrons. The molecule has 1 saturated heterocycles. The van der Waals surface area contributed by atoms with E-state index in [1.165, 1.54) is 13.0 Å². The van der Waals surface area contributed by atoms with Gasteiger partial charge >= 0.3 is 23.9 Å². The number of hydroxylamine groups is 2. The van der Waals surface area contributed by atoms with Gasteiger partial charge in [-0.15, -0.1) is 0 Å². The molecule has 142 valence electrons. The van der Waals surface area contributed by atoms with Gasteiger partial charge in [0, 0.05) is 6.08 Å². The third-order valence-electron chi connectivity index (χ3n) is 3.76. The van der Waals surface area contributed by atoms with Crippen LogP contribution < -0.4 is 5.32 Å². The summed E-state index contributed by atoms with van der Waals surface area (Å²) in [6, 6.07) is 7.90. The summed E-state index contributed by atoms with van der Waals surface area (Å²) < 4.78 is 9.83. The standard InChI is InChI=1S/C17H16N2O8/c1-17(8-7-13(20)26-17)15(22)27-19-14(21)12(10-25-19)18-16(23)24-9-11-5-3-2-4-6-11/h2-8,12H,9-10H2,1H3,(H,18,23)/t12-,17?/m1/s1. The van der Waals surface area contributed by atoms with Gasteiger partial charge in [-0.2, -0.15) is 0 Å². The van der Waals surface area contributed by atoms with Crippen molar-refractivity contribution in [2.45, 2.75) is 25.2 Å². The fraction of sp³-hybridized carbons (Fsp3) is 0.294. The van der Waals surface area contributed by atoms with Gasteiger partial charge in [-0.1, -0.05) is 30.3 Å². The summed E-state index contributed by atoms with van der Waals surface area (Å²) in [6.07, 6.45) is 1.45. The van der Waals surface area contributed by atoms with E-state index >= 15 is 0 Å². The van der Waals surface area contributed by atoms with Gasteiger partial charge in [-0.05, 0) is 23.8 Å². The van der Waals surface area contributed by atoms with E-state index < -0.39 is 35.6 Å². The van der Waals surface area contributed by atoms with E-state index in [-0.39, 0.29) is 13.2 Å². The molecule has 1 aromatic rings. The minimum atomic E-state index is -1.65. The molecule has 0 aromatic heterocycles. The van der Waals surface area contributed by atoms with Crippen LogP contribution in [0, 0.1) is 0 Å². The number of alkyl carbamates (subject to hydrolysis) is 1. The number of carbonyl (C=O) groups is 4. The Labute approximate surface area is 153 Å². The third kappa shape index (κ3) is 4.23. The molecule has 0 aliphatic carbocycles. The number of rotatable bonds is 5. The van der Waals surface area contributed by atoms with E-state index in [1.807, 2.05) is 6.07 Å². The lowest BCUT2D eigenvalue weighted by molar-refractivity contribution is -0.308. The molecule has 2 amide bonds. The lowest BCUT2D eigenvalue weighted by atomic mass is 10.1. The first-order valence-electron chi connectivity index (χ1n) is 7.96. The first-order valence-corrected chi connectivity index (χ1v) is 7.96. The van der Waals surface area contributed by atoms with Crippen LogP contribution in [0.3, 0.4) is 0 Å². The van der Waals surface area contributed by atoms with Crippen molar-refractivity contribution in [3.8, 4) is 0 Å². The molecule has 2 heterocycles. The van der Waals surface area contributed by atoms with Crippen molar-refractivity contribution in [2.75, 3.05) is 6.61 Å². The number of ether oxygens (including phenoxy) is 2. The molecule has 1 aromatic carbocycles. The highest BCUT2D eigenvalue weighted by Gasteiger charge is 2.45. The van der Waals surface area contributed by atoms with Gasteiger partial charge in [0.15, 0.2) is 0 Å². The zero-order valence-corrected chi connectivity index (χ0v) is 14.2. The smallest absolute Gasteiger partial charge is 0.408 e. The van der Waals surface area contributed by atoms with Crippen LogP contribution in [-0.4, -0.2) is 47.4 Å². The lowest BCUT2D eigenvalue weighted by Gasteiger charge is -2.21. The number of hydrogen-bond donors (Lipinski definition) is 1. The number of amides is 2. The Hall–Kier alpha value is -3.40. The van der Waals surface area contributed by atoms with Gasteiger partial charge < -0.3 is 19.6 Å². The van der Waals surface area contributed by atoms with Gasteiger partial charge in [-0.3, -0.25) is 4.79 Å². The molecule has 2 atom stereocenters. The van der Waals surface area contributed by atoms with Crippen LogP contribution in [0.1, 0.15) is 12.5 Å². The number of carbonyl (C=O) groups excluding carboxylic acids is 4. The topological polar surface area (TPSA) is 120 Å². The van der Waals surface area contributed by atoms with Gasteiger partial charge in [0.1, 0.15) is 19.3 Å². The highest BCUT2D eigenvalue weighted by Crippen LogP contribution is 2.22. The number of nitrogens with one attached hydrogen (secondary N) is 1. The lowest BCUT2D eigenvalue weighted by Crippen LogP contribution is -2.45. The number of cyclic esters (lactones) is 1. The predicted molar refractivity (Wildman–Crippen MR) is 86.1 cm³/mol. The van der Waals surface area contributed by atoms with Crippen LogP contribution in [-0.2, 0) is 40.1 Å². The Balaban J connectivity index is 1.48. The monoisotopic (exact) mass is 376 g/mol. The zero-order valence-electron chi connectivity index (χ0n) is 14.2. The fourth-order valence-electron chi connectivity index (χ4n) is 2.27. The van der Waals surface area contributed by atoms with Gasteiger partial charge in [0.25, 0.3) is 0 Å². The van der Waals surface area contributed by atoms with Crippen molar-refractivity contribution >= 4 is 23.9 Å². The maximum atomic E-state index is 12.2. The molecule has 10 heteroatoms. The molecule has 1 unspecified atom stereocenters. The SMILES string of the molecule is CC1(C(=O)ON2OC[C@@H](NC(=O)OCc3ccccc3)C2=O)C=CC(=O)O1. The summed E-state index contributed by atoms with van der Waals surface area (Å²) in [7, 11) is 0. The van der Waals surface area contributed by atoms with Crippen molar-refractivity contribution in [1.82, 2.24) is 10.5 Å². The normalized spacial score (nSPS) is 23.9. The van der Waals surface area contributed by atoms with Gasteiger partial charge in [0.05, 0.1) is 0 Å². The number of nitrogens with zero attached hydrogens (tertiary/aromatic N) is 1. The van der Waals surface area contributed by atoms with Crippen molar-refractivity contribution in [3.63, 3.8) is 0 Å². The van der Waals surface area contributed by atoms with Crippen LogP contribution in [0.4, 0.5) is 4.79 Å². The van der Waals surface area contributed by atoms with Crippen LogP contribution >= 0.6 is 0 Å². The highest BCUT2D eigenvalue weighted by molar-refractivity contribution is 5.94. The van der Waals surface area contributed by atoms with E-state index in [9.17, 15) is 19.2 Å². The fourth-order valence-corrected chi connectivity index (χ4v) is 2.27. The summed E-state index contributed by atoms with van der Waals surface area (Å²) in [4.78, 5) is 56.9. The third-order valence-corrected chi connectivity index (χ3v) is 3.76. The molecule has 0 saturated carbocycles. The highest BCUT2D eigenvalue weighted by atomic mass is 17.0. The minimum absolute atomic E-state index is 0.0310. The van der Waals surface area contributed by atoms with Crippen LogP contribution in [0.25, 0.3) is 0 Å². The Bertz CT molecular complexity index is 793. The summed E-state index contributed by atoms with van der Waals surface area (Å²) in [5.74, 6) is -2.54. The van der Waals surface area contributed by atoms with Gasteiger partial charge in [0.2, 0.25) is 5.60 Å². The molecular weight excluding hydrogens is 360 g/mol. The molecule has 0 spiro atoms. The maximum Gasteiger partial charge on any atom is 0.408 e. The first kappa shape index (κ1) is 18.4. The van der Waals surface area contributed by atoms with Crippen molar-refractivity contribution in [2.24, 2.45) is 0 Å². The molecule has 0 bridgehead atoms. The summed E-state index contributed by atoms with van der Waals surface area (Å²) in [5.41, 5.74) is -0.870. The minimum Gasteiger partial charge on any atom is -0.445 e. The summed E-state index contributed by atoms with van der Waals surface area (Å²) in [6.45, 7) is 1.08. The van der Waals surface area contributed by atoms with E-state index in [4.69, 9.17) is 19.1 Å². The number of benzene rings is 1. The van der Waals surface area contributed by atoms with Crippen molar-refractivity contribution < 1.29 is 38.3 Å². The zero-order chi connectivity index (χ0) is 19.4. The van der Waals surface area contributed by atoms with Crippen LogP contribution in [0.2, 0.25) is 0 Å². The molecule has 3 rings (SSSR count). The summed E-state index contributed by atoms with van der Waals surface area (Å²) in [5, 5.41) is 2.66. The van der Waals surface area contributed by atoms with Crippen LogP contribution in [0.15, 0.2) is 42.5 Å². The van der Waals surface area contributed by atoms with Gasteiger partial charge in [-0.25, -0.2) is 19.2 Å². The molecule has 2 aliphatic rings. The average Bonchev–Trinajstić information content (AvgIpc) is 3.18. The second kappa shape index (κ2) is 7.46. The van der Waals surface area contributed by atoms with E-state index in [0.717, 1.165) is 11.6 Å². The molecule has 1 N–H and O–H groups in total. The van der Waals surface area contributed by atoms with Crippen LogP contribution in [0.5, 0.6) is 0 Å². The Morgan fingerprint density at radius 3 is 2.70 bits per heavy atom. The quantitative estimate of drug-likeness (QED) is 0.733. The first-order chi connectivity index (χ1) is 12.9. The average molecular weight is 376 g/mol. The molecule has 27 heavy (non-hydrogen) atoms. The second-order valence-corrected chi connectivity index (χ2v) is 5.89. The molecular formula is C17H16N2O8. The Kier molecular flexibility index (Phi) is 5.08. The summed E-state index contributed by atoms with van der Waals surface area (Å²) >= 11 is 0. The Morgan fingerprint density at radius 1 is 1.30 bits per heavy atom.